The van der Waals surface area contributed by atoms with Gasteiger partial charge in [0.1, 0.15) is 17.3 Å². The third-order valence-corrected chi connectivity index (χ3v) is 6.78. The number of hydrogen-bond acceptors (Lipinski definition) is 4. The standard InChI is InChI=1S/C24H30FN3O2/c25-21-8-7-19(30-18-5-3-17(4-6-18)9-13-26)16-20(21)23(29)28-14-11-24(12-15-28)10-1-2-22(24)27/h3-8,16,22H,1-2,9-15,26-27H2. The molecule has 0 aromatic heterocycles. The highest BCUT2D eigenvalue weighted by Gasteiger charge is 2.43. The average molecular weight is 412 g/mol. The molecular weight excluding hydrogens is 381 g/mol. The molecule has 1 spiro atoms. The van der Waals surface area contributed by atoms with Crippen LogP contribution in [0.25, 0.3) is 0 Å². The molecule has 0 bridgehead atoms. The summed E-state index contributed by atoms with van der Waals surface area (Å²) in [5.41, 5.74) is 13.3. The van der Waals surface area contributed by atoms with E-state index >= 15 is 0 Å². The highest BCUT2D eigenvalue weighted by molar-refractivity contribution is 5.95. The number of carbonyl (C=O) groups is 1. The van der Waals surface area contributed by atoms with Crippen LogP contribution in [0, 0.1) is 11.2 Å². The monoisotopic (exact) mass is 411 g/mol. The Morgan fingerprint density at radius 3 is 2.43 bits per heavy atom. The minimum atomic E-state index is -0.525. The van der Waals surface area contributed by atoms with Crippen LogP contribution in [0.4, 0.5) is 4.39 Å². The molecule has 2 aromatic rings. The second-order valence-electron chi connectivity index (χ2n) is 8.58. The first kappa shape index (κ1) is 20.8. The maximum Gasteiger partial charge on any atom is 0.256 e. The van der Waals surface area contributed by atoms with Crippen molar-refractivity contribution in [1.29, 1.82) is 0 Å². The van der Waals surface area contributed by atoms with Gasteiger partial charge in [0, 0.05) is 19.1 Å². The predicted octanol–water partition coefficient (Wildman–Crippen LogP) is 3.85. The Bertz CT molecular complexity index is 892. The van der Waals surface area contributed by atoms with Crippen LogP contribution < -0.4 is 16.2 Å². The molecule has 2 aromatic carbocycles. The number of nitrogens with zero attached hydrogens (tertiary/aromatic N) is 1. The number of carbonyl (C=O) groups excluding carboxylic acids is 1. The molecular formula is C24H30FN3O2. The highest BCUT2D eigenvalue weighted by atomic mass is 19.1. The number of benzene rings is 2. The summed E-state index contributed by atoms with van der Waals surface area (Å²) in [6.45, 7) is 1.84. The first-order valence-electron chi connectivity index (χ1n) is 10.8. The molecule has 4 N–H and O–H groups in total. The lowest BCUT2D eigenvalue weighted by molar-refractivity contribution is 0.0552. The Labute approximate surface area is 177 Å². The first-order valence-corrected chi connectivity index (χ1v) is 10.8. The zero-order valence-corrected chi connectivity index (χ0v) is 17.3. The normalized spacial score (nSPS) is 20.5. The smallest absolute Gasteiger partial charge is 0.256 e. The third kappa shape index (κ3) is 4.20. The largest absolute Gasteiger partial charge is 0.457 e. The number of halogens is 1. The van der Waals surface area contributed by atoms with Crippen LogP contribution in [-0.2, 0) is 6.42 Å². The number of nitrogens with two attached hydrogens (primary N) is 2. The van der Waals surface area contributed by atoms with Crippen molar-refractivity contribution in [3.05, 3.63) is 59.4 Å². The minimum absolute atomic E-state index is 0.0546. The van der Waals surface area contributed by atoms with Crippen molar-refractivity contribution < 1.29 is 13.9 Å². The van der Waals surface area contributed by atoms with E-state index < -0.39 is 5.82 Å². The van der Waals surface area contributed by atoms with Gasteiger partial charge in [-0.15, -0.1) is 0 Å². The molecule has 1 aliphatic heterocycles. The number of likely N-dealkylation sites (tertiary alicyclic amines) is 1. The fourth-order valence-corrected chi connectivity index (χ4v) is 4.87. The Balaban J connectivity index is 1.44. The van der Waals surface area contributed by atoms with Crippen LogP contribution in [-0.4, -0.2) is 36.5 Å². The van der Waals surface area contributed by atoms with Crippen molar-refractivity contribution in [2.45, 2.75) is 44.6 Å². The lowest BCUT2D eigenvalue weighted by atomic mass is 9.74. The Kier molecular flexibility index (Phi) is 6.06. The van der Waals surface area contributed by atoms with Crippen LogP contribution in [0.15, 0.2) is 42.5 Å². The van der Waals surface area contributed by atoms with E-state index in [1.807, 2.05) is 24.3 Å². The molecule has 5 nitrogen and oxygen atoms in total. The molecule has 1 saturated heterocycles. The molecule has 6 heteroatoms. The van der Waals surface area contributed by atoms with Gasteiger partial charge >= 0.3 is 0 Å². The van der Waals surface area contributed by atoms with Crippen molar-refractivity contribution in [2.24, 2.45) is 16.9 Å². The lowest BCUT2D eigenvalue weighted by Crippen LogP contribution is -2.48. The van der Waals surface area contributed by atoms with E-state index in [1.54, 1.807) is 11.0 Å². The molecule has 2 aliphatic rings. The lowest BCUT2D eigenvalue weighted by Gasteiger charge is -2.42. The van der Waals surface area contributed by atoms with E-state index in [4.69, 9.17) is 16.2 Å². The van der Waals surface area contributed by atoms with Gasteiger partial charge in [0.25, 0.3) is 5.91 Å². The summed E-state index contributed by atoms with van der Waals surface area (Å²) in [5, 5.41) is 0. The van der Waals surface area contributed by atoms with Gasteiger partial charge in [-0.25, -0.2) is 4.39 Å². The Morgan fingerprint density at radius 2 is 1.80 bits per heavy atom. The summed E-state index contributed by atoms with van der Waals surface area (Å²) in [4.78, 5) is 14.8. The van der Waals surface area contributed by atoms with Crippen molar-refractivity contribution in [2.75, 3.05) is 19.6 Å². The highest BCUT2D eigenvalue weighted by Crippen LogP contribution is 2.45. The average Bonchev–Trinajstić information content (AvgIpc) is 3.11. The Hall–Kier alpha value is -2.44. The van der Waals surface area contributed by atoms with Gasteiger partial charge in [0.05, 0.1) is 5.56 Å². The van der Waals surface area contributed by atoms with Gasteiger partial charge in [-0.2, -0.15) is 0 Å². The van der Waals surface area contributed by atoms with Gasteiger partial charge in [-0.1, -0.05) is 18.6 Å². The molecule has 1 heterocycles. The third-order valence-electron chi connectivity index (χ3n) is 6.78. The van der Waals surface area contributed by atoms with Crippen LogP contribution in [0.3, 0.4) is 0 Å². The number of amides is 1. The van der Waals surface area contributed by atoms with Crippen molar-refractivity contribution in [3.8, 4) is 11.5 Å². The zero-order valence-electron chi connectivity index (χ0n) is 17.3. The molecule has 1 aliphatic carbocycles. The molecule has 1 amide bonds. The van der Waals surface area contributed by atoms with Crippen LogP contribution in [0.2, 0.25) is 0 Å². The molecule has 30 heavy (non-hydrogen) atoms. The van der Waals surface area contributed by atoms with E-state index in [9.17, 15) is 9.18 Å². The van der Waals surface area contributed by atoms with E-state index in [1.165, 1.54) is 12.1 Å². The second-order valence-corrected chi connectivity index (χ2v) is 8.58. The van der Waals surface area contributed by atoms with Gasteiger partial charge in [-0.3, -0.25) is 4.79 Å². The summed E-state index contributed by atoms with van der Waals surface area (Å²) in [6, 6.07) is 12.2. The number of rotatable bonds is 5. The molecule has 2 fully saturated rings. The summed E-state index contributed by atoms with van der Waals surface area (Å²) < 4.78 is 20.3. The summed E-state index contributed by atoms with van der Waals surface area (Å²) in [6.07, 6.45) is 5.96. The molecule has 1 atom stereocenters. The fourth-order valence-electron chi connectivity index (χ4n) is 4.87. The van der Waals surface area contributed by atoms with Crippen LogP contribution in [0.5, 0.6) is 11.5 Å². The molecule has 160 valence electrons. The summed E-state index contributed by atoms with van der Waals surface area (Å²) in [7, 11) is 0. The first-order chi connectivity index (χ1) is 14.5. The van der Waals surface area contributed by atoms with E-state index in [2.05, 4.69) is 0 Å². The van der Waals surface area contributed by atoms with Crippen LogP contribution in [0.1, 0.15) is 48.0 Å². The predicted molar refractivity (Wildman–Crippen MR) is 115 cm³/mol. The van der Waals surface area contributed by atoms with Gasteiger partial charge < -0.3 is 21.1 Å². The maximum atomic E-state index is 14.5. The summed E-state index contributed by atoms with van der Waals surface area (Å²) >= 11 is 0. The fraction of sp³-hybridized carbons (Fsp3) is 0.458. The van der Waals surface area contributed by atoms with E-state index in [-0.39, 0.29) is 22.9 Å². The van der Waals surface area contributed by atoms with Gasteiger partial charge in [0.15, 0.2) is 0 Å². The van der Waals surface area contributed by atoms with Gasteiger partial charge in [-0.05, 0) is 80.0 Å². The zero-order chi connectivity index (χ0) is 21.1. The van der Waals surface area contributed by atoms with Crippen LogP contribution >= 0.6 is 0 Å². The van der Waals surface area contributed by atoms with E-state index in [0.29, 0.717) is 31.1 Å². The topological polar surface area (TPSA) is 81.6 Å². The van der Waals surface area contributed by atoms with Gasteiger partial charge in [0.2, 0.25) is 0 Å². The van der Waals surface area contributed by atoms with E-state index in [0.717, 1.165) is 44.1 Å². The van der Waals surface area contributed by atoms with Crippen molar-refractivity contribution >= 4 is 5.91 Å². The molecule has 1 unspecified atom stereocenters. The summed E-state index contributed by atoms with van der Waals surface area (Å²) in [5.74, 6) is 0.273. The minimum Gasteiger partial charge on any atom is -0.457 e. The van der Waals surface area contributed by atoms with Crippen molar-refractivity contribution in [3.63, 3.8) is 0 Å². The van der Waals surface area contributed by atoms with Crippen molar-refractivity contribution in [1.82, 2.24) is 4.90 Å². The maximum absolute atomic E-state index is 14.5. The second kappa shape index (κ2) is 8.74. The molecule has 1 saturated carbocycles. The number of ether oxygens (including phenoxy) is 1. The molecule has 0 radical (unpaired) electrons. The molecule has 4 rings (SSSR count). The quantitative estimate of drug-likeness (QED) is 0.783. The SMILES string of the molecule is NCCc1ccc(Oc2ccc(F)c(C(=O)N3CCC4(CCCC4N)CC3)c2)cc1. The Morgan fingerprint density at radius 1 is 1.10 bits per heavy atom. The number of hydrogen-bond donors (Lipinski definition) is 2. The number of piperidine rings is 1.